The van der Waals surface area contributed by atoms with Crippen LogP contribution in [0.4, 0.5) is 0 Å². The SMILES string of the molecule is COc1cncc(C(=O)N2CCC(S(C)(=O)=NC(=O)c3coc(C4CC4)n3)CC2)c1C. The first kappa shape index (κ1) is 21.5. The lowest BCUT2D eigenvalue weighted by Gasteiger charge is -2.32. The van der Waals surface area contributed by atoms with Crippen LogP contribution in [0.25, 0.3) is 0 Å². The molecule has 2 aliphatic rings. The summed E-state index contributed by atoms with van der Waals surface area (Å²) in [6.45, 7) is 2.69. The molecule has 4 rings (SSSR count). The van der Waals surface area contributed by atoms with Gasteiger partial charge in [-0.15, -0.1) is 0 Å². The predicted octanol–water partition coefficient (Wildman–Crippen LogP) is 2.81. The third-order valence-corrected chi connectivity index (χ3v) is 8.14. The molecule has 9 nitrogen and oxygen atoms in total. The fourth-order valence-corrected chi connectivity index (χ4v) is 5.44. The normalized spacial score (nSPS) is 19.0. The van der Waals surface area contributed by atoms with Crippen LogP contribution in [0.1, 0.15) is 63.9 Å². The molecule has 0 spiro atoms. The number of hydrogen-bond donors (Lipinski definition) is 0. The summed E-state index contributed by atoms with van der Waals surface area (Å²) in [4.78, 5) is 35.4. The van der Waals surface area contributed by atoms with Gasteiger partial charge in [0.15, 0.2) is 11.6 Å². The number of hydrogen-bond acceptors (Lipinski definition) is 7. The van der Waals surface area contributed by atoms with Crippen LogP contribution in [0.3, 0.4) is 0 Å². The van der Waals surface area contributed by atoms with Gasteiger partial charge in [0.05, 0.1) is 28.6 Å². The monoisotopic (exact) mass is 446 g/mol. The molecule has 1 atom stereocenters. The van der Waals surface area contributed by atoms with Crippen molar-refractivity contribution in [2.75, 3.05) is 26.5 Å². The number of ether oxygens (including phenoxy) is 1. The second-order valence-electron chi connectivity index (χ2n) is 8.11. The molecule has 2 aromatic rings. The number of rotatable bonds is 5. The summed E-state index contributed by atoms with van der Waals surface area (Å²) in [5, 5.41) is -0.278. The number of likely N-dealkylation sites (tertiary alicyclic amines) is 1. The average Bonchev–Trinajstić information content (AvgIpc) is 3.49. The van der Waals surface area contributed by atoms with Gasteiger partial charge in [-0.25, -0.2) is 9.19 Å². The molecule has 166 valence electrons. The Bertz CT molecular complexity index is 1120. The zero-order chi connectivity index (χ0) is 22.2. The smallest absolute Gasteiger partial charge is 0.307 e. The topological polar surface area (TPSA) is 115 Å². The lowest BCUT2D eigenvalue weighted by molar-refractivity contribution is 0.0724. The Morgan fingerprint density at radius 2 is 1.94 bits per heavy atom. The summed E-state index contributed by atoms with van der Waals surface area (Å²) >= 11 is 0. The number of pyridine rings is 1. The molecule has 1 saturated carbocycles. The first-order valence-corrected chi connectivity index (χ1v) is 12.3. The van der Waals surface area contributed by atoms with E-state index in [0.717, 1.165) is 18.4 Å². The molecule has 10 heteroatoms. The molecule has 2 amide bonds. The van der Waals surface area contributed by atoms with Crippen molar-refractivity contribution in [3.63, 3.8) is 0 Å². The predicted molar refractivity (Wildman–Crippen MR) is 114 cm³/mol. The van der Waals surface area contributed by atoms with Crippen molar-refractivity contribution in [2.45, 2.75) is 43.8 Å². The third kappa shape index (κ3) is 4.48. The van der Waals surface area contributed by atoms with Crippen LogP contribution in [-0.2, 0) is 9.73 Å². The van der Waals surface area contributed by atoms with Crippen LogP contribution in [0, 0.1) is 6.92 Å². The Morgan fingerprint density at radius 3 is 2.58 bits per heavy atom. The van der Waals surface area contributed by atoms with Gasteiger partial charge in [0.25, 0.3) is 5.91 Å². The molecule has 0 radical (unpaired) electrons. The van der Waals surface area contributed by atoms with Crippen molar-refractivity contribution >= 4 is 21.5 Å². The second-order valence-corrected chi connectivity index (χ2v) is 10.7. The second kappa shape index (κ2) is 8.41. The molecule has 2 aromatic heterocycles. The van der Waals surface area contributed by atoms with Crippen LogP contribution >= 0.6 is 0 Å². The molecule has 0 bridgehead atoms. The highest BCUT2D eigenvalue weighted by molar-refractivity contribution is 7.93. The van der Waals surface area contributed by atoms with Gasteiger partial charge in [0.2, 0.25) is 0 Å². The van der Waals surface area contributed by atoms with Gasteiger partial charge in [0, 0.05) is 42.3 Å². The van der Waals surface area contributed by atoms with Gasteiger partial charge < -0.3 is 14.1 Å². The third-order valence-electron chi connectivity index (χ3n) is 5.90. The summed E-state index contributed by atoms with van der Waals surface area (Å²) < 4.78 is 27.8. The number of nitrogens with zero attached hydrogens (tertiary/aromatic N) is 4. The number of methoxy groups -OCH3 is 1. The molecule has 1 aliphatic heterocycles. The minimum Gasteiger partial charge on any atom is -0.495 e. The molecule has 1 saturated heterocycles. The molecule has 1 aliphatic carbocycles. The van der Waals surface area contributed by atoms with Crippen molar-refractivity contribution in [1.29, 1.82) is 0 Å². The Kier molecular flexibility index (Phi) is 5.83. The van der Waals surface area contributed by atoms with Gasteiger partial charge in [-0.1, -0.05) is 0 Å². The minimum absolute atomic E-state index is 0.102. The molecule has 0 N–H and O–H groups in total. The summed E-state index contributed by atoms with van der Waals surface area (Å²) in [6, 6.07) is 0. The summed E-state index contributed by atoms with van der Waals surface area (Å²) in [7, 11) is -1.25. The summed E-state index contributed by atoms with van der Waals surface area (Å²) in [6.07, 6.45) is 8.94. The molecule has 0 aromatic carbocycles. The van der Waals surface area contributed by atoms with Crippen LogP contribution in [-0.4, -0.2) is 62.6 Å². The van der Waals surface area contributed by atoms with Crippen molar-refractivity contribution in [3.8, 4) is 5.75 Å². The van der Waals surface area contributed by atoms with Crippen molar-refractivity contribution < 1.29 is 23.0 Å². The van der Waals surface area contributed by atoms with Crippen LogP contribution in [0.15, 0.2) is 27.4 Å². The number of carbonyl (C=O) groups is 2. The molecule has 31 heavy (non-hydrogen) atoms. The zero-order valence-corrected chi connectivity index (χ0v) is 18.7. The highest BCUT2D eigenvalue weighted by Gasteiger charge is 2.32. The Balaban J connectivity index is 1.42. The summed E-state index contributed by atoms with van der Waals surface area (Å²) in [5.41, 5.74) is 1.33. The maximum Gasteiger partial charge on any atom is 0.307 e. The molecule has 2 fully saturated rings. The largest absolute Gasteiger partial charge is 0.495 e. The fraction of sp³-hybridized carbons (Fsp3) is 0.524. The van der Waals surface area contributed by atoms with Crippen molar-refractivity contribution in [3.05, 3.63) is 41.4 Å². The first-order valence-electron chi connectivity index (χ1n) is 10.3. The quantitative estimate of drug-likeness (QED) is 0.693. The Morgan fingerprint density at radius 1 is 1.23 bits per heavy atom. The average molecular weight is 447 g/mol. The van der Waals surface area contributed by atoms with E-state index in [1.807, 2.05) is 6.92 Å². The maximum atomic E-state index is 13.2. The molecular weight excluding hydrogens is 420 g/mol. The van der Waals surface area contributed by atoms with E-state index >= 15 is 0 Å². The molecule has 1 unspecified atom stereocenters. The molecular formula is C21H26N4O5S. The zero-order valence-electron chi connectivity index (χ0n) is 17.9. The Hall–Kier alpha value is -2.75. The van der Waals surface area contributed by atoms with Gasteiger partial charge in [-0.3, -0.25) is 14.6 Å². The standard InChI is InChI=1S/C21H26N4O5S/c1-13-16(10-22-11-18(13)29-2)21(27)25-8-6-15(7-9-25)31(3,28)24-19(26)17-12-30-20(23-17)14-4-5-14/h10-12,14-15H,4-9H2,1-3H3. The van der Waals surface area contributed by atoms with E-state index in [4.69, 9.17) is 9.15 Å². The van der Waals surface area contributed by atoms with Crippen LogP contribution in [0.2, 0.25) is 0 Å². The van der Waals surface area contributed by atoms with Crippen LogP contribution in [0.5, 0.6) is 5.75 Å². The minimum atomic E-state index is -2.79. The van der Waals surface area contributed by atoms with Gasteiger partial charge in [0.1, 0.15) is 12.0 Å². The molecule has 3 heterocycles. The van der Waals surface area contributed by atoms with E-state index in [1.165, 1.54) is 25.8 Å². The van der Waals surface area contributed by atoms with Gasteiger partial charge in [-0.2, -0.15) is 4.36 Å². The first-order chi connectivity index (χ1) is 14.8. The lowest BCUT2D eigenvalue weighted by atomic mass is 10.1. The Labute approximate surface area is 181 Å². The van der Waals surface area contributed by atoms with Crippen molar-refractivity contribution in [2.24, 2.45) is 4.36 Å². The highest BCUT2D eigenvalue weighted by atomic mass is 32.2. The van der Waals surface area contributed by atoms with Gasteiger partial charge in [-0.05, 0) is 32.6 Å². The summed E-state index contributed by atoms with van der Waals surface area (Å²) in [5.74, 6) is 0.661. The number of carbonyl (C=O) groups excluding carboxylic acids is 2. The van der Waals surface area contributed by atoms with E-state index in [2.05, 4.69) is 14.3 Å². The highest BCUT2D eigenvalue weighted by Crippen LogP contribution is 2.39. The van der Waals surface area contributed by atoms with E-state index in [9.17, 15) is 13.8 Å². The van der Waals surface area contributed by atoms with Gasteiger partial charge >= 0.3 is 5.91 Å². The van der Waals surface area contributed by atoms with E-state index in [0.29, 0.717) is 43.1 Å². The number of amides is 2. The van der Waals surface area contributed by atoms with E-state index in [-0.39, 0.29) is 22.8 Å². The number of piperidine rings is 1. The fourth-order valence-electron chi connectivity index (χ4n) is 3.78. The maximum absolute atomic E-state index is 13.2. The van der Waals surface area contributed by atoms with E-state index < -0.39 is 15.6 Å². The lowest BCUT2D eigenvalue weighted by Crippen LogP contribution is -2.42. The number of oxazole rings is 1. The van der Waals surface area contributed by atoms with Crippen LogP contribution < -0.4 is 4.74 Å². The van der Waals surface area contributed by atoms with Crippen molar-refractivity contribution in [1.82, 2.24) is 14.9 Å². The van der Waals surface area contributed by atoms with E-state index in [1.54, 1.807) is 11.1 Å². The number of aromatic nitrogens is 2.